The summed E-state index contributed by atoms with van der Waals surface area (Å²) >= 11 is 0. The lowest BCUT2D eigenvalue weighted by Crippen LogP contribution is -2.37. The topological polar surface area (TPSA) is 127 Å². The van der Waals surface area contributed by atoms with E-state index in [0.717, 1.165) is 6.21 Å². The van der Waals surface area contributed by atoms with Gasteiger partial charge >= 0.3 is 11.8 Å². The first kappa shape index (κ1) is 15.9. The molecule has 0 radical (unpaired) electrons. The largest absolute Gasteiger partial charge is 0.467 e. The van der Waals surface area contributed by atoms with Gasteiger partial charge in [-0.3, -0.25) is 19.7 Å². The van der Waals surface area contributed by atoms with Crippen LogP contribution in [0.25, 0.3) is 0 Å². The number of nitro benzene ring substituents is 1. The molecule has 1 heterocycles. The predicted octanol–water partition coefficient (Wildman–Crippen LogP) is 0.954. The summed E-state index contributed by atoms with van der Waals surface area (Å²) in [4.78, 5) is 33.3. The maximum Gasteiger partial charge on any atom is 0.329 e. The third-order valence-electron chi connectivity index (χ3n) is 2.71. The Bertz CT molecular complexity index is 739. The lowest BCUT2D eigenvalue weighted by atomic mass is 10.2. The van der Waals surface area contributed by atoms with E-state index in [1.165, 1.54) is 24.5 Å². The fourth-order valence-electron chi connectivity index (χ4n) is 1.64. The number of furan rings is 1. The molecule has 118 valence electrons. The quantitative estimate of drug-likeness (QED) is 0.367. The molecule has 0 saturated heterocycles. The summed E-state index contributed by atoms with van der Waals surface area (Å²) in [5.41, 5.74) is 2.04. The summed E-state index contributed by atoms with van der Waals surface area (Å²) in [6, 6.07) is 9.16. The number of nitrogens with one attached hydrogen (secondary N) is 2. The van der Waals surface area contributed by atoms with Crippen LogP contribution in [0.4, 0.5) is 5.69 Å². The summed E-state index contributed by atoms with van der Waals surface area (Å²) in [5.74, 6) is -1.40. The van der Waals surface area contributed by atoms with E-state index in [1.807, 2.05) is 5.43 Å². The summed E-state index contributed by atoms with van der Waals surface area (Å²) in [6.45, 7) is 0.0626. The van der Waals surface area contributed by atoms with Crippen molar-refractivity contribution in [3.8, 4) is 0 Å². The van der Waals surface area contributed by atoms with Gasteiger partial charge in [-0.2, -0.15) is 5.10 Å². The molecule has 2 rings (SSSR count). The number of amides is 2. The van der Waals surface area contributed by atoms with Gasteiger partial charge in [-0.05, 0) is 18.2 Å². The van der Waals surface area contributed by atoms with E-state index in [9.17, 15) is 19.7 Å². The minimum absolute atomic E-state index is 0.0626. The highest BCUT2D eigenvalue weighted by Crippen LogP contribution is 2.14. The van der Waals surface area contributed by atoms with E-state index in [1.54, 1.807) is 18.2 Å². The van der Waals surface area contributed by atoms with Gasteiger partial charge in [-0.15, -0.1) is 0 Å². The highest BCUT2D eigenvalue weighted by atomic mass is 16.6. The van der Waals surface area contributed by atoms with E-state index in [-0.39, 0.29) is 17.8 Å². The lowest BCUT2D eigenvalue weighted by molar-refractivity contribution is -0.385. The summed E-state index contributed by atoms with van der Waals surface area (Å²) in [6.07, 6.45) is 2.54. The maximum absolute atomic E-state index is 11.5. The Labute approximate surface area is 130 Å². The fraction of sp³-hybridized carbons (Fsp3) is 0.0714. The number of hydrazone groups is 1. The van der Waals surface area contributed by atoms with Gasteiger partial charge in [0.15, 0.2) is 0 Å². The molecule has 23 heavy (non-hydrogen) atoms. The maximum atomic E-state index is 11.5. The normalized spacial score (nSPS) is 10.4. The summed E-state index contributed by atoms with van der Waals surface area (Å²) in [5, 5.41) is 16.7. The Morgan fingerprint density at radius 3 is 2.70 bits per heavy atom. The highest BCUT2D eigenvalue weighted by Gasteiger charge is 2.13. The van der Waals surface area contributed by atoms with Crippen LogP contribution in [0.2, 0.25) is 0 Å². The molecule has 0 saturated carbocycles. The highest BCUT2D eigenvalue weighted by molar-refractivity contribution is 6.35. The van der Waals surface area contributed by atoms with Crippen LogP contribution >= 0.6 is 0 Å². The molecule has 2 N–H and O–H groups in total. The van der Waals surface area contributed by atoms with Crippen LogP contribution in [0.1, 0.15) is 11.3 Å². The number of benzene rings is 1. The molecule has 0 aliphatic carbocycles. The first-order valence-electron chi connectivity index (χ1n) is 6.45. The van der Waals surface area contributed by atoms with Crippen molar-refractivity contribution in [3.05, 3.63) is 64.1 Å². The van der Waals surface area contributed by atoms with Crippen molar-refractivity contribution in [2.75, 3.05) is 0 Å². The van der Waals surface area contributed by atoms with Gasteiger partial charge in [0.05, 0.1) is 29.5 Å². The Morgan fingerprint density at radius 2 is 2.00 bits per heavy atom. The molecule has 0 bridgehead atoms. The van der Waals surface area contributed by atoms with Crippen LogP contribution in [0.15, 0.2) is 52.2 Å². The van der Waals surface area contributed by atoms with Gasteiger partial charge in [-0.25, -0.2) is 5.43 Å². The van der Waals surface area contributed by atoms with Crippen molar-refractivity contribution in [2.24, 2.45) is 5.10 Å². The molecule has 1 aromatic heterocycles. The Morgan fingerprint density at radius 1 is 1.22 bits per heavy atom. The van der Waals surface area contributed by atoms with Crippen molar-refractivity contribution in [2.45, 2.75) is 6.54 Å². The van der Waals surface area contributed by atoms with E-state index in [0.29, 0.717) is 5.76 Å². The van der Waals surface area contributed by atoms with Crippen LogP contribution in [-0.4, -0.2) is 23.0 Å². The molecule has 0 aliphatic heterocycles. The van der Waals surface area contributed by atoms with Gasteiger partial charge in [0.25, 0.3) is 5.69 Å². The first-order chi connectivity index (χ1) is 11.1. The van der Waals surface area contributed by atoms with Crippen molar-refractivity contribution >= 4 is 23.7 Å². The van der Waals surface area contributed by atoms with E-state index < -0.39 is 16.7 Å². The van der Waals surface area contributed by atoms with Crippen LogP contribution in [0, 0.1) is 10.1 Å². The third kappa shape index (κ3) is 4.49. The zero-order valence-corrected chi connectivity index (χ0v) is 11.8. The zero-order chi connectivity index (χ0) is 16.7. The predicted molar refractivity (Wildman–Crippen MR) is 79.4 cm³/mol. The Kier molecular flexibility index (Phi) is 5.18. The second-order valence-corrected chi connectivity index (χ2v) is 4.28. The molecular formula is C14H12N4O5. The molecule has 2 amide bonds. The zero-order valence-electron chi connectivity index (χ0n) is 11.8. The molecule has 9 heteroatoms. The van der Waals surface area contributed by atoms with Gasteiger partial charge in [0, 0.05) is 6.07 Å². The lowest BCUT2D eigenvalue weighted by Gasteiger charge is -2.01. The van der Waals surface area contributed by atoms with Crippen molar-refractivity contribution < 1.29 is 18.9 Å². The van der Waals surface area contributed by atoms with Gasteiger partial charge in [0.1, 0.15) is 5.76 Å². The van der Waals surface area contributed by atoms with Crippen LogP contribution in [-0.2, 0) is 16.1 Å². The first-order valence-corrected chi connectivity index (χ1v) is 6.45. The third-order valence-corrected chi connectivity index (χ3v) is 2.71. The average Bonchev–Trinajstić information content (AvgIpc) is 3.06. The number of rotatable bonds is 5. The standard InChI is InChI=1S/C14H12N4O5/c19-13(15-9-11-5-3-7-23-11)14(20)17-16-8-10-4-1-2-6-12(10)18(21)22/h1-8H,9H2,(H,15,19)(H,17,20)/b16-8-. The molecule has 0 unspecified atom stereocenters. The minimum Gasteiger partial charge on any atom is -0.467 e. The Balaban J connectivity index is 1.88. The van der Waals surface area contributed by atoms with Gasteiger partial charge in [0.2, 0.25) is 0 Å². The van der Waals surface area contributed by atoms with Crippen LogP contribution in [0.3, 0.4) is 0 Å². The SMILES string of the molecule is O=C(NCc1ccco1)C(=O)N/N=C\c1ccccc1[N+](=O)[O-]. The van der Waals surface area contributed by atoms with Crippen LogP contribution < -0.4 is 10.7 Å². The molecule has 0 fully saturated rings. The smallest absolute Gasteiger partial charge is 0.329 e. The van der Waals surface area contributed by atoms with E-state index in [2.05, 4.69) is 10.4 Å². The molecule has 0 atom stereocenters. The number of hydrogen-bond acceptors (Lipinski definition) is 6. The fourth-order valence-corrected chi connectivity index (χ4v) is 1.64. The van der Waals surface area contributed by atoms with Crippen LogP contribution in [0.5, 0.6) is 0 Å². The Hall–Kier alpha value is -3.49. The molecule has 0 aliphatic rings. The summed E-state index contributed by atoms with van der Waals surface area (Å²) < 4.78 is 5.00. The second-order valence-electron chi connectivity index (χ2n) is 4.28. The number of nitro groups is 1. The average molecular weight is 316 g/mol. The number of hydrogen-bond donors (Lipinski definition) is 2. The van der Waals surface area contributed by atoms with E-state index in [4.69, 9.17) is 4.42 Å². The molecular weight excluding hydrogens is 304 g/mol. The van der Waals surface area contributed by atoms with E-state index >= 15 is 0 Å². The second kappa shape index (κ2) is 7.50. The number of nitrogens with zero attached hydrogens (tertiary/aromatic N) is 2. The summed E-state index contributed by atoms with van der Waals surface area (Å²) in [7, 11) is 0. The number of para-hydroxylation sites is 1. The number of carbonyl (C=O) groups excluding carboxylic acids is 2. The molecule has 0 spiro atoms. The van der Waals surface area contributed by atoms with Crippen molar-refractivity contribution in [1.82, 2.24) is 10.7 Å². The van der Waals surface area contributed by atoms with Gasteiger partial charge in [-0.1, -0.05) is 12.1 Å². The molecule has 9 nitrogen and oxygen atoms in total. The molecule has 2 aromatic rings. The van der Waals surface area contributed by atoms with Crippen molar-refractivity contribution in [3.63, 3.8) is 0 Å². The minimum atomic E-state index is -0.994. The van der Waals surface area contributed by atoms with Gasteiger partial charge < -0.3 is 9.73 Å². The monoisotopic (exact) mass is 316 g/mol. The van der Waals surface area contributed by atoms with Crippen molar-refractivity contribution in [1.29, 1.82) is 0 Å². The molecule has 1 aromatic carbocycles. The number of carbonyl (C=O) groups is 2.